The number of rotatable bonds is 10. The molecule has 0 aromatic heterocycles. The number of halogens is 2. The molecule has 1 aliphatic carbocycles. The Balaban J connectivity index is 1.76. The minimum atomic E-state index is -2.98. The third-order valence-electron chi connectivity index (χ3n) is 7.19. The van der Waals surface area contributed by atoms with Crippen LogP contribution in [0.4, 0.5) is 8.78 Å². The molecule has 0 spiro atoms. The molecule has 3 rings (SSSR count). The van der Waals surface area contributed by atoms with Gasteiger partial charge in [0.2, 0.25) is 0 Å². The fourth-order valence-corrected chi connectivity index (χ4v) is 5.00. The molecule has 4 nitrogen and oxygen atoms in total. The summed E-state index contributed by atoms with van der Waals surface area (Å²) in [5.41, 5.74) is 1.23. The van der Waals surface area contributed by atoms with E-state index in [2.05, 4.69) is 26.1 Å². The van der Waals surface area contributed by atoms with Gasteiger partial charge < -0.3 is 14.8 Å². The second-order valence-electron chi connectivity index (χ2n) is 10.7. The Morgan fingerprint density at radius 2 is 1.77 bits per heavy atom. The predicted octanol–water partition coefficient (Wildman–Crippen LogP) is 7.37. The van der Waals surface area contributed by atoms with Crippen LogP contribution >= 0.6 is 0 Å². The molecule has 1 fully saturated rings. The fourth-order valence-electron chi connectivity index (χ4n) is 5.00. The minimum absolute atomic E-state index is 0.00253. The Morgan fingerprint density at radius 1 is 1.06 bits per heavy atom. The molecule has 0 heterocycles. The van der Waals surface area contributed by atoms with Crippen LogP contribution in [0.2, 0.25) is 0 Å². The normalized spacial score (nSPS) is 19.1. The Bertz CT molecular complexity index is 991. The van der Waals surface area contributed by atoms with Crippen molar-refractivity contribution in [2.24, 2.45) is 11.3 Å². The van der Waals surface area contributed by atoms with E-state index in [-0.39, 0.29) is 29.5 Å². The van der Waals surface area contributed by atoms with Crippen LogP contribution < -0.4 is 10.1 Å². The third-order valence-corrected chi connectivity index (χ3v) is 7.19. The Morgan fingerprint density at radius 3 is 2.40 bits per heavy atom. The fraction of sp³-hybridized carbons (Fsp3) is 0.621. The minimum Gasteiger partial charge on any atom is -0.490 e. The summed E-state index contributed by atoms with van der Waals surface area (Å²) in [6.07, 6.45) is 3.91. The number of esters is 1. The zero-order valence-corrected chi connectivity index (χ0v) is 21.9. The molecule has 35 heavy (non-hydrogen) atoms. The van der Waals surface area contributed by atoms with Gasteiger partial charge in [0.05, 0.1) is 24.7 Å². The summed E-state index contributed by atoms with van der Waals surface area (Å²) >= 11 is 0. The Labute approximate surface area is 208 Å². The van der Waals surface area contributed by atoms with E-state index in [1.54, 1.807) is 19.1 Å². The van der Waals surface area contributed by atoms with E-state index in [9.17, 15) is 4.79 Å². The van der Waals surface area contributed by atoms with Crippen molar-refractivity contribution in [3.63, 3.8) is 0 Å². The van der Waals surface area contributed by atoms with Crippen molar-refractivity contribution in [1.29, 1.82) is 0 Å². The zero-order chi connectivity index (χ0) is 25.6. The summed E-state index contributed by atoms with van der Waals surface area (Å²) in [4.78, 5) is 11.5. The summed E-state index contributed by atoms with van der Waals surface area (Å²) in [5, 5.41) is 4.52. The smallest absolute Gasteiger partial charge is 0.307 e. The van der Waals surface area contributed by atoms with E-state index in [1.807, 2.05) is 18.2 Å². The molecule has 0 amide bonds. The lowest BCUT2D eigenvalue weighted by atomic mass is 9.72. The van der Waals surface area contributed by atoms with Gasteiger partial charge in [-0.05, 0) is 72.4 Å². The highest BCUT2D eigenvalue weighted by atomic mass is 19.3. The molecule has 0 aliphatic heterocycles. The van der Waals surface area contributed by atoms with Crippen molar-refractivity contribution < 1.29 is 23.0 Å². The highest BCUT2D eigenvalue weighted by molar-refractivity contribution is 5.89. The molecule has 0 radical (unpaired) electrons. The van der Waals surface area contributed by atoms with Gasteiger partial charge in [-0.3, -0.25) is 4.79 Å². The monoisotopic (exact) mass is 489 g/mol. The number of hydrogen-bond acceptors (Lipinski definition) is 4. The van der Waals surface area contributed by atoms with E-state index in [4.69, 9.17) is 9.47 Å². The molecule has 0 atom stereocenters. The Kier molecular flexibility index (Phi) is 9.14. The largest absolute Gasteiger partial charge is 0.490 e. The van der Waals surface area contributed by atoms with E-state index < -0.39 is 5.92 Å². The van der Waals surface area contributed by atoms with Crippen LogP contribution in [0.15, 0.2) is 30.3 Å². The highest BCUT2D eigenvalue weighted by Gasteiger charge is 2.36. The summed E-state index contributed by atoms with van der Waals surface area (Å²) in [6.45, 7) is 11.5. The van der Waals surface area contributed by atoms with E-state index in [0.717, 1.165) is 36.6 Å². The van der Waals surface area contributed by atoms with Crippen LogP contribution in [0, 0.1) is 11.3 Å². The van der Waals surface area contributed by atoms with Gasteiger partial charge in [0.15, 0.2) is 0 Å². The number of alkyl halides is 2. The molecule has 0 unspecified atom stereocenters. The molecule has 6 heteroatoms. The van der Waals surface area contributed by atoms with Crippen molar-refractivity contribution in [2.45, 2.75) is 91.7 Å². The van der Waals surface area contributed by atoms with Gasteiger partial charge >= 0.3 is 5.97 Å². The standard InChI is InChI=1S/C29H41F2NO3/c1-6-29(30,31)27-24-14-8-20(19-32-17-16-26(33)34-7-2)18-21(24)9-15-25(27)35-23-12-10-22(11-13-23)28(3,4)5/h8-9,14-15,18,22-23,32H,6-7,10-13,16-17,19H2,1-5H3. The van der Waals surface area contributed by atoms with Crippen LogP contribution in [0.5, 0.6) is 5.75 Å². The van der Waals surface area contributed by atoms with E-state index in [1.165, 1.54) is 6.92 Å². The average molecular weight is 490 g/mol. The van der Waals surface area contributed by atoms with Crippen LogP contribution in [0.25, 0.3) is 10.8 Å². The van der Waals surface area contributed by atoms with Gasteiger partial charge in [-0.1, -0.05) is 45.9 Å². The second kappa shape index (κ2) is 11.7. The van der Waals surface area contributed by atoms with Gasteiger partial charge in [-0.25, -0.2) is 8.78 Å². The number of carbonyl (C=O) groups excluding carboxylic acids is 1. The molecule has 1 N–H and O–H groups in total. The Hall–Kier alpha value is -2.21. The summed E-state index contributed by atoms with van der Waals surface area (Å²) < 4.78 is 41.6. The first-order valence-electron chi connectivity index (χ1n) is 13.0. The number of benzene rings is 2. The summed E-state index contributed by atoms with van der Waals surface area (Å²) in [5.74, 6) is -2.26. The maximum atomic E-state index is 15.2. The molecule has 1 saturated carbocycles. The first kappa shape index (κ1) is 27.4. The van der Waals surface area contributed by atoms with Crippen LogP contribution in [0.3, 0.4) is 0 Å². The summed E-state index contributed by atoms with van der Waals surface area (Å²) in [7, 11) is 0. The zero-order valence-electron chi connectivity index (χ0n) is 21.9. The highest BCUT2D eigenvalue weighted by Crippen LogP contribution is 2.44. The molecule has 2 aromatic carbocycles. The molecule has 194 valence electrons. The van der Waals surface area contributed by atoms with Crippen LogP contribution in [-0.2, 0) is 22.0 Å². The van der Waals surface area contributed by atoms with Gasteiger partial charge in [0.25, 0.3) is 5.92 Å². The topological polar surface area (TPSA) is 47.6 Å². The van der Waals surface area contributed by atoms with E-state index >= 15 is 8.78 Å². The van der Waals surface area contributed by atoms with Gasteiger partial charge in [0, 0.05) is 19.5 Å². The van der Waals surface area contributed by atoms with Gasteiger partial charge in [0.1, 0.15) is 5.75 Å². The number of ether oxygens (including phenoxy) is 2. The van der Waals surface area contributed by atoms with E-state index in [0.29, 0.717) is 43.2 Å². The maximum absolute atomic E-state index is 15.2. The van der Waals surface area contributed by atoms with Crippen LogP contribution in [0.1, 0.15) is 84.3 Å². The molecular weight excluding hydrogens is 448 g/mol. The maximum Gasteiger partial charge on any atom is 0.307 e. The molecule has 0 bridgehead atoms. The molecule has 2 aromatic rings. The van der Waals surface area contributed by atoms with Crippen molar-refractivity contribution >= 4 is 16.7 Å². The van der Waals surface area contributed by atoms with Gasteiger partial charge in [-0.15, -0.1) is 0 Å². The number of fused-ring (bicyclic) bond motifs is 1. The predicted molar refractivity (Wildman–Crippen MR) is 137 cm³/mol. The number of hydrogen-bond donors (Lipinski definition) is 1. The quantitative estimate of drug-likeness (QED) is 0.280. The number of carbonyl (C=O) groups is 1. The van der Waals surface area contributed by atoms with Gasteiger partial charge in [-0.2, -0.15) is 0 Å². The average Bonchev–Trinajstić information content (AvgIpc) is 2.81. The summed E-state index contributed by atoms with van der Waals surface area (Å²) in [6, 6.07) is 9.17. The lowest BCUT2D eigenvalue weighted by Gasteiger charge is -2.37. The lowest BCUT2D eigenvalue weighted by molar-refractivity contribution is -0.142. The molecular formula is C29H41F2NO3. The van der Waals surface area contributed by atoms with Crippen molar-refractivity contribution in [2.75, 3.05) is 13.2 Å². The SMILES string of the molecule is CCOC(=O)CCNCc1ccc2c(C(F)(F)CC)c(OC3CCC(C(C)(C)C)CC3)ccc2c1. The lowest BCUT2D eigenvalue weighted by Crippen LogP contribution is -2.31. The van der Waals surface area contributed by atoms with Crippen molar-refractivity contribution in [3.8, 4) is 5.75 Å². The van der Waals surface area contributed by atoms with Crippen molar-refractivity contribution in [3.05, 3.63) is 41.5 Å². The third kappa shape index (κ3) is 7.16. The molecule has 1 aliphatic rings. The second-order valence-corrected chi connectivity index (χ2v) is 10.7. The number of nitrogens with one attached hydrogen (secondary N) is 1. The van der Waals surface area contributed by atoms with Crippen molar-refractivity contribution in [1.82, 2.24) is 5.32 Å². The van der Waals surface area contributed by atoms with Crippen LogP contribution in [-0.4, -0.2) is 25.2 Å². The molecule has 0 saturated heterocycles. The first-order valence-corrected chi connectivity index (χ1v) is 13.0. The first-order chi connectivity index (χ1) is 16.5.